The van der Waals surface area contributed by atoms with Gasteiger partial charge in [0.25, 0.3) is 5.91 Å². The number of carbonyl (C=O) groups excluding carboxylic acids is 1. The molecule has 0 unspecified atom stereocenters. The van der Waals surface area contributed by atoms with Crippen LogP contribution >= 0.6 is 11.6 Å². The zero-order valence-electron chi connectivity index (χ0n) is 16.4. The van der Waals surface area contributed by atoms with E-state index in [-0.39, 0.29) is 16.3 Å². The number of rotatable bonds is 3. The molecule has 3 heterocycles. The molecule has 2 aromatic carbocycles. The maximum absolute atomic E-state index is 14.3. The van der Waals surface area contributed by atoms with Crippen LogP contribution in [0.5, 0.6) is 0 Å². The lowest BCUT2D eigenvalue weighted by Gasteiger charge is -2.09. The first-order valence-electron chi connectivity index (χ1n) is 9.50. The van der Waals surface area contributed by atoms with Crippen molar-refractivity contribution in [2.24, 2.45) is 7.05 Å². The number of aryl methyl sites for hydroxylation is 1. The van der Waals surface area contributed by atoms with Crippen LogP contribution in [0.1, 0.15) is 10.4 Å². The molecule has 0 aliphatic rings. The Morgan fingerprint density at radius 1 is 1.16 bits per heavy atom. The SMILES string of the molecule is Cn1ccc2cc(-c3cc4cc(NC(=O)c5c(Cl)ccc(N)c5F)cnc4[nH]3)ccc21. The summed E-state index contributed by atoms with van der Waals surface area (Å²) in [7, 11) is 2.01. The lowest BCUT2D eigenvalue weighted by molar-refractivity contribution is 0.102. The number of benzene rings is 2. The van der Waals surface area contributed by atoms with Gasteiger partial charge in [0.05, 0.1) is 28.2 Å². The van der Waals surface area contributed by atoms with E-state index in [1.807, 2.05) is 25.4 Å². The maximum Gasteiger partial charge on any atom is 0.260 e. The third-order valence-electron chi connectivity index (χ3n) is 5.27. The van der Waals surface area contributed by atoms with Gasteiger partial charge in [0.2, 0.25) is 0 Å². The molecule has 1 amide bonds. The van der Waals surface area contributed by atoms with Crippen molar-refractivity contribution < 1.29 is 9.18 Å². The van der Waals surface area contributed by atoms with Crippen molar-refractivity contribution in [3.63, 3.8) is 0 Å². The van der Waals surface area contributed by atoms with Crippen LogP contribution in [0.2, 0.25) is 5.02 Å². The number of amides is 1. The van der Waals surface area contributed by atoms with Gasteiger partial charge in [-0.1, -0.05) is 17.7 Å². The summed E-state index contributed by atoms with van der Waals surface area (Å²) in [4.78, 5) is 20.2. The fraction of sp³-hybridized carbons (Fsp3) is 0.0435. The average molecular weight is 434 g/mol. The lowest BCUT2D eigenvalue weighted by atomic mass is 10.1. The first-order chi connectivity index (χ1) is 14.9. The fourth-order valence-corrected chi connectivity index (χ4v) is 3.89. The number of hydrogen-bond acceptors (Lipinski definition) is 3. The molecule has 0 bridgehead atoms. The Kier molecular flexibility index (Phi) is 4.41. The van der Waals surface area contributed by atoms with E-state index < -0.39 is 11.7 Å². The average Bonchev–Trinajstić information content (AvgIpc) is 3.34. The molecule has 8 heteroatoms. The molecule has 0 fully saturated rings. The molecule has 3 aromatic heterocycles. The highest BCUT2D eigenvalue weighted by molar-refractivity contribution is 6.34. The number of aromatic amines is 1. The van der Waals surface area contributed by atoms with Gasteiger partial charge in [0.15, 0.2) is 5.82 Å². The van der Waals surface area contributed by atoms with Crippen molar-refractivity contribution in [2.45, 2.75) is 0 Å². The van der Waals surface area contributed by atoms with E-state index in [9.17, 15) is 9.18 Å². The second kappa shape index (κ2) is 7.14. The molecule has 0 spiro atoms. The molecule has 154 valence electrons. The molecular formula is C23H17ClFN5O. The van der Waals surface area contributed by atoms with E-state index in [0.717, 1.165) is 27.5 Å². The van der Waals surface area contributed by atoms with Gasteiger partial charge in [0, 0.05) is 35.2 Å². The van der Waals surface area contributed by atoms with Crippen molar-refractivity contribution in [3.05, 3.63) is 77.3 Å². The largest absolute Gasteiger partial charge is 0.396 e. The molecule has 0 saturated heterocycles. The van der Waals surface area contributed by atoms with Crippen LogP contribution in [0.25, 0.3) is 33.2 Å². The van der Waals surface area contributed by atoms with Crippen LogP contribution in [0, 0.1) is 5.82 Å². The van der Waals surface area contributed by atoms with Gasteiger partial charge in [-0.15, -0.1) is 0 Å². The summed E-state index contributed by atoms with van der Waals surface area (Å²) in [5.41, 5.74) is 9.28. The van der Waals surface area contributed by atoms with Crippen LogP contribution in [0.4, 0.5) is 15.8 Å². The Morgan fingerprint density at radius 2 is 2.00 bits per heavy atom. The number of aromatic nitrogens is 3. The van der Waals surface area contributed by atoms with E-state index in [0.29, 0.717) is 11.3 Å². The second-order valence-electron chi connectivity index (χ2n) is 7.32. The van der Waals surface area contributed by atoms with Crippen LogP contribution in [0.3, 0.4) is 0 Å². The first kappa shape index (κ1) is 19.1. The van der Waals surface area contributed by atoms with Gasteiger partial charge in [-0.05, 0) is 48.0 Å². The zero-order chi connectivity index (χ0) is 21.7. The fourth-order valence-electron chi connectivity index (χ4n) is 3.66. The Bertz CT molecular complexity index is 1490. The summed E-state index contributed by atoms with van der Waals surface area (Å²) in [6.07, 6.45) is 3.52. The summed E-state index contributed by atoms with van der Waals surface area (Å²) in [5, 5.41) is 4.57. The van der Waals surface area contributed by atoms with E-state index in [4.69, 9.17) is 17.3 Å². The van der Waals surface area contributed by atoms with Crippen LogP contribution in [-0.4, -0.2) is 20.4 Å². The first-order valence-corrected chi connectivity index (χ1v) is 9.87. The summed E-state index contributed by atoms with van der Waals surface area (Å²) < 4.78 is 16.3. The number of nitrogens with one attached hydrogen (secondary N) is 2. The number of fused-ring (bicyclic) bond motifs is 2. The summed E-state index contributed by atoms with van der Waals surface area (Å²) in [6, 6.07) is 14.7. The molecule has 5 rings (SSSR count). The number of nitrogen functional groups attached to an aromatic ring is 1. The van der Waals surface area contributed by atoms with E-state index >= 15 is 0 Å². The standard InChI is InChI=1S/C23H17ClFN5O/c1-30-7-6-13-8-12(2-5-19(13)30)18-10-14-9-15(11-27-22(14)29-18)28-23(31)20-16(24)3-4-17(26)21(20)25/h2-11H,26H2,1H3,(H,27,29)(H,28,31). The number of nitrogens with two attached hydrogens (primary N) is 1. The number of H-pyrrole nitrogens is 1. The minimum atomic E-state index is -0.848. The molecule has 31 heavy (non-hydrogen) atoms. The number of halogens is 2. The zero-order valence-corrected chi connectivity index (χ0v) is 17.2. The number of nitrogens with zero attached hydrogens (tertiary/aromatic N) is 2. The Morgan fingerprint density at radius 3 is 2.84 bits per heavy atom. The highest BCUT2D eigenvalue weighted by atomic mass is 35.5. The van der Waals surface area contributed by atoms with Crippen molar-refractivity contribution in [1.82, 2.24) is 14.5 Å². The summed E-state index contributed by atoms with van der Waals surface area (Å²) in [5.74, 6) is -1.54. The van der Waals surface area contributed by atoms with Gasteiger partial charge >= 0.3 is 0 Å². The monoisotopic (exact) mass is 433 g/mol. The molecular weight excluding hydrogens is 417 g/mol. The van der Waals surface area contributed by atoms with Gasteiger partial charge in [0.1, 0.15) is 5.65 Å². The second-order valence-corrected chi connectivity index (χ2v) is 7.73. The van der Waals surface area contributed by atoms with Crippen LogP contribution in [-0.2, 0) is 7.05 Å². The van der Waals surface area contributed by atoms with E-state index in [1.54, 1.807) is 6.07 Å². The van der Waals surface area contributed by atoms with Gasteiger partial charge in [-0.3, -0.25) is 4.79 Å². The van der Waals surface area contributed by atoms with Gasteiger partial charge < -0.3 is 20.6 Å². The highest BCUT2D eigenvalue weighted by Gasteiger charge is 2.19. The van der Waals surface area contributed by atoms with Gasteiger partial charge in [-0.2, -0.15) is 0 Å². The van der Waals surface area contributed by atoms with E-state index in [1.165, 1.54) is 18.3 Å². The third kappa shape index (κ3) is 3.29. The normalized spacial score (nSPS) is 11.3. The minimum absolute atomic E-state index is 0.0153. The lowest BCUT2D eigenvalue weighted by Crippen LogP contribution is -2.15. The molecule has 0 aliphatic carbocycles. The smallest absolute Gasteiger partial charge is 0.260 e. The molecule has 0 aliphatic heterocycles. The number of pyridine rings is 1. The Labute approximate surface area is 181 Å². The maximum atomic E-state index is 14.3. The number of anilines is 2. The molecule has 0 atom stereocenters. The summed E-state index contributed by atoms with van der Waals surface area (Å²) >= 11 is 5.99. The predicted octanol–water partition coefficient (Wildman–Crippen LogP) is 5.35. The quantitative estimate of drug-likeness (QED) is 0.335. The molecule has 0 saturated carbocycles. The van der Waals surface area contributed by atoms with Crippen LogP contribution in [0.15, 0.2) is 60.9 Å². The minimum Gasteiger partial charge on any atom is -0.396 e. The molecule has 4 N–H and O–H groups in total. The van der Waals surface area contributed by atoms with Crippen molar-refractivity contribution >= 4 is 50.8 Å². The number of carbonyl (C=O) groups is 1. The topological polar surface area (TPSA) is 88.7 Å². The Hall–Kier alpha value is -3.84. The Balaban J connectivity index is 1.47. The molecule has 0 radical (unpaired) electrons. The molecule has 6 nitrogen and oxygen atoms in total. The van der Waals surface area contributed by atoms with Crippen LogP contribution < -0.4 is 11.1 Å². The van der Waals surface area contributed by atoms with Crippen molar-refractivity contribution in [2.75, 3.05) is 11.1 Å². The summed E-state index contributed by atoms with van der Waals surface area (Å²) in [6.45, 7) is 0. The third-order valence-corrected chi connectivity index (χ3v) is 5.59. The van der Waals surface area contributed by atoms with Gasteiger partial charge in [-0.25, -0.2) is 9.37 Å². The van der Waals surface area contributed by atoms with Crippen molar-refractivity contribution in [1.29, 1.82) is 0 Å². The van der Waals surface area contributed by atoms with E-state index in [2.05, 4.69) is 38.1 Å². The van der Waals surface area contributed by atoms with Crippen molar-refractivity contribution in [3.8, 4) is 11.3 Å². The predicted molar refractivity (Wildman–Crippen MR) is 122 cm³/mol. The highest BCUT2D eigenvalue weighted by Crippen LogP contribution is 2.29. The molecule has 5 aromatic rings. The number of hydrogen-bond donors (Lipinski definition) is 3.